The molecule has 1 aliphatic rings. The van der Waals surface area contributed by atoms with Crippen LogP contribution in [0.1, 0.15) is 59.0 Å². The molecule has 0 radical (unpaired) electrons. The fourth-order valence-corrected chi connectivity index (χ4v) is 3.84. The van der Waals surface area contributed by atoms with Gasteiger partial charge in [0.25, 0.3) is 0 Å². The molecule has 2 aromatic heterocycles. The molecule has 3 aromatic rings. The third-order valence-electron chi connectivity index (χ3n) is 5.61. The molecule has 28 heavy (non-hydrogen) atoms. The zero-order valence-electron chi connectivity index (χ0n) is 16.3. The molecule has 1 saturated heterocycles. The Balaban J connectivity index is 1.45. The summed E-state index contributed by atoms with van der Waals surface area (Å²) in [5, 5.41) is 8.53. The molecule has 0 bridgehead atoms. The molecule has 1 aliphatic heterocycles. The summed E-state index contributed by atoms with van der Waals surface area (Å²) in [6.45, 7) is 4.72. The largest absolute Gasteiger partial charge is 0.332 e. The van der Waals surface area contributed by atoms with Crippen LogP contribution in [0, 0.1) is 13.8 Å². The maximum Gasteiger partial charge on any atom is 0.223 e. The van der Waals surface area contributed by atoms with E-state index in [0.29, 0.717) is 12.1 Å². The molecular weight excluding hydrogens is 352 g/mol. The summed E-state index contributed by atoms with van der Waals surface area (Å²) in [6, 6.07) is 11.4. The van der Waals surface area contributed by atoms with Crippen molar-refractivity contribution in [2.24, 2.45) is 0 Å². The van der Waals surface area contributed by atoms with Gasteiger partial charge in [0.15, 0.2) is 17.3 Å². The van der Waals surface area contributed by atoms with E-state index in [1.165, 1.54) is 0 Å². The highest BCUT2D eigenvalue weighted by Gasteiger charge is 2.33. The van der Waals surface area contributed by atoms with Crippen molar-refractivity contribution in [2.45, 2.75) is 45.6 Å². The number of Topliss-reactive ketones (excluding diaryl/α,β-unsaturated/α-hetero) is 1. The summed E-state index contributed by atoms with van der Waals surface area (Å²) in [5.41, 5.74) is 3.71. The summed E-state index contributed by atoms with van der Waals surface area (Å²) >= 11 is 0. The van der Waals surface area contributed by atoms with Crippen molar-refractivity contribution in [3.8, 4) is 0 Å². The maximum absolute atomic E-state index is 12.9. The second-order valence-corrected chi connectivity index (χ2v) is 7.45. The van der Waals surface area contributed by atoms with Crippen molar-refractivity contribution >= 4 is 17.3 Å². The van der Waals surface area contributed by atoms with Crippen LogP contribution in [0.25, 0.3) is 5.65 Å². The number of nitrogens with zero attached hydrogens (tertiary/aromatic N) is 4. The fraction of sp³-hybridized carbons (Fsp3) is 0.364. The van der Waals surface area contributed by atoms with Gasteiger partial charge in [-0.1, -0.05) is 18.2 Å². The number of benzene rings is 1. The van der Waals surface area contributed by atoms with Gasteiger partial charge in [0.05, 0.1) is 6.04 Å². The van der Waals surface area contributed by atoms with Crippen LogP contribution in [-0.2, 0) is 4.79 Å². The van der Waals surface area contributed by atoms with Gasteiger partial charge < -0.3 is 4.90 Å². The second-order valence-electron chi connectivity index (χ2n) is 7.45. The van der Waals surface area contributed by atoms with Gasteiger partial charge in [-0.25, -0.2) is 0 Å². The average molecular weight is 376 g/mol. The van der Waals surface area contributed by atoms with Gasteiger partial charge in [0.2, 0.25) is 5.91 Å². The minimum Gasteiger partial charge on any atom is -0.332 e. The Morgan fingerprint density at radius 2 is 1.93 bits per heavy atom. The number of likely N-dealkylation sites (tertiary alicyclic amines) is 1. The van der Waals surface area contributed by atoms with Crippen molar-refractivity contribution < 1.29 is 9.59 Å². The summed E-state index contributed by atoms with van der Waals surface area (Å²) in [7, 11) is 0. The molecule has 1 aromatic carbocycles. The number of amides is 1. The van der Waals surface area contributed by atoms with Crippen LogP contribution >= 0.6 is 0 Å². The molecule has 0 N–H and O–H groups in total. The smallest absolute Gasteiger partial charge is 0.223 e. The van der Waals surface area contributed by atoms with Crippen molar-refractivity contribution in [1.29, 1.82) is 0 Å². The van der Waals surface area contributed by atoms with Crippen LogP contribution in [0.2, 0.25) is 0 Å². The fourth-order valence-electron chi connectivity index (χ4n) is 3.84. The number of ketones is 1. The lowest BCUT2D eigenvalue weighted by Crippen LogP contribution is -2.31. The SMILES string of the molecule is Cc1ccc(C(=O)CCC(=O)N2CCC[C@@H]2c2nnc3ccccn23)cc1C. The van der Waals surface area contributed by atoms with Gasteiger partial charge in [-0.3, -0.25) is 14.0 Å². The van der Waals surface area contributed by atoms with E-state index in [-0.39, 0.29) is 30.6 Å². The van der Waals surface area contributed by atoms with Crippen LogP contribution in [-0.4, -0.2) is 37.7 Å². The standard InChI is InChI=1S/C22H24N4O2/c1-15-8-9-17(14-16(15)2)19(27)10-11-21(28)25-13-5-6-18(25)22-24-23-20-7-3-4-12-26(20)22/h3-4,7-9,12,14,18H,5-6,10-11,13H2,1-2H3/t18-/m1/s1. The Labute approximate surface area is 164 Å². The first-order valence-electron chi connectivity index (χ1n) is 9.74. The van der Waals surface area contributed by atoms with E-state index >= 15 is 0 Å². The molecule has 0 saturated carbocycles. The molecule has 4 rings (SSSR count). The first-order chi connectivity index (χ1) is 13.5. The Bertz CT molecular complexity index is 1040. The van der Waals surface area contributed by atoms with Gasteiger partial charge in [-0.05, 0) is 56.0 Å². The zero-order valence-corrected chi connectivity index (χ0v) is 16.3. The molecule has 6 nitrogen and oxygen atoms in total. The van der Waals surface area contributed by atoms with Crippen LogP contribution in [0.15, 0.2) is 42.6 Å². The molecule has 0 aliphatic carbocycles. The Kier molecular flexibility index (Phi) is 4.94. The highest BCUT2D eigenvalue weighted by Crippen LogP contribution is 2.31. The van der Waals surface area contributed by atoms with Gasteiger partial charge in [-0.2, -0.15) is 0 Å². The quantitative estimate of drug-likeness (QED) is 0.637. The van der Waals surface area contributed by atoms with Gasteiger partial charge in [0, 0.05) is 31.1 Å². The number of fused-ring (bicyclic) bond motifs is 1. The van der Waals surface area contributed by atoms with Crippen LogP contribution in [0.3, 0.4) is 0 Å². The average Bonchev–Trinajstić information content (AvgIpc) is 3.34. The molecule has 0 unspecified atom stereocenters. The van der Waals surface area contributed by atoms with Gasteiger partial charge in [0.1, 0.15) is 0 Å². The molecule has 1 fully saturated rings. The second kappa shape index (κ2) is 7.54. The summed E-state index contributed by atoms with van der Waals surface area (Å²) in [5.74, 6) is 0.814. The lowest BCUT2D eigenvalue weighted by Gasteiger charge is -2.23. The van der Waals surface area contributed by atoms with E-state index in [1.807, 2.05) is 65.7 Å². The Morgan fingerprint density at radius 1 is 1.07 bits per heavy atom. The summed E-state index contributed by atoms with van der Waals surface area (Å²) in [4.78, 5) is 27.2. The molecule has 1 atom stereocenters. The lowest BCUT2D eigenvalue weighted by atomic mass is 10.0. The first kappa shape index (κ1) is 18.3. The number of carbonyl (C=O) groups is 2. The van der Waals surface area contributed by atoms with E-state index < -0.39 is 0 Å². The molecule has 144 valence electrons. The number of aromatic nitrogens is 3. The molecule has 1 amide bonds. The molecule has 0 spiro atoms. The number of pyridine rings is 1. The first-order valence-corrected chi connectivity index (χ1v) is 9.74. The predicted molar refractivity (Wildman–Crippen MR) is 106 cm³/mol. The van der Waals surface area contributed by atoms with E-state index in [0.717, 1.165) is 35.4 Å². The monoisotopic (exact) mass is 376 g/mol. The highest BCUT2D eigenvalue weighted by molar-refractivity contribution is 5.98. The maximum atomic E-state index is 12.9. The van der Waals surface area contributed by atoms with E-state index in [2.05, 4.69) is 10.2 Å². The highest BCUT2D eigenvalue weighted by atomic mass is 16.2. The van der Waals surface area contributed by atoms with Crippen LogP contribution in [0.4, 0.5) is 0 Å². The minimum atomic E-state index is -0.0818. The topological polar surface area (TPSA) is 67.6 Å². The van der Waals surface area contributed by atoms with Crippen molar-refractivity contribution in [3.05, 3.63) is 65.1 Å². The zero-order chi connectivity index (χ0) is 19.7. The Morgan fingerprint density at radius 3 is 2.75 bits per heavy atom. The van der Waals surface area contributed by atoms with E-state index in [1.54, 1.807) is 0 Å². The molecule has 3 heterocycles. The van der Waals surface area contributed by atoms with Gasteiger partial charge in [-0.15, -0.1) is 10.2 Å². The summed E-state index contributed by atoms with van der Waals surface area (Å²) in [6.07, 6.45) is 4.18. The summed E-state index contributed by atoms with van der Waals surface area (Å²) < 4.78 is 1.94. The number of hydrogen-bond donors (Lipinski definition) is 0. The predicted octanol–water partition coefficient (Wildman–Crippen LogP) is 3.67. The van der Waals surface area contributed by atoms with Crippen molar-refractivity contribution in [2.75, 3.05) is 6.54 Å². The normalized spacial score (nSPS) is 16.6. The molecule has 6 heteroatoms. The van der Waals surface area contributed by atoms with Crippen LogP contribution < -0.4 is 0 Å². The lowest BCUT2D eigenvalue weighted by molar-refractivity contribution is -0.132. The van der Waals surface area contributed by atoms with E-state index in [4.69, 9.17) is 0 Å². The van der Waals surface area contributed by atoms with E-state index in [9.17, 15) is 9.59 Å². The minimum absolute atomic E-state index is 0.00682. The number of carbonyl (C=O) groups excluding carboxylic acids is 2. The van der Waals surface area contributed by atoms with Crippen LogP contribution in [0.5, 0.6) is 0 Å². The van der Waals surface area contributed by atoms with Gasteiger partial charge >= 0.3 is 0 Å². The third-order valence-corrected chi connectivity index (χ3v) is 5.61. The number of rotatable bonds is 5. The van der Waals surface area contributed by atoms with Crippen molar-refractivity contribution in [3.63, 3.8) is 0 Å². The number of aryl methyl sites for hydroxylation is 2. The number of hydrogen-bond acceptors (Lipinski definition) is 4. The third kappa shape index (κ3) is 3.42. The Hall–Kier alpha value is -3.02. The van der Waals surface area contributed by atoms with Crippen molar-refractivity contribution in [1.82, 2.24) is 19.5 Å². The molecular formula is C22H24N4O2.